The van der Waals surface area contributed by atoms with Gasteiger partial charge in [0, 0.05) is 30.7 Å². The lowest BCUT2D eigenvalue weighted by molar-refractivity contribution is 0.669. The van der Waals surface area contributed by atoms with Crippen LogP contribution in [0.3, 0.4) is 0 Å². The van der Waals surface area contributed by atoms with Gasteiger partial charge >= 0.3 is 0 Å². The predicted molar refractivity (Wildman–Crippen MR) is 75.2 cm³/mol. The fraction of sp³-hybridized carbons (Fsp3) is 0.500. The molecule has 2 aromatic heterocycles. The molecular weight excluding hydrogens is 238 g/mol. The normalized spacial score (nSPS) is 11.2. The van der Waals surface area contributed by atoms with Crippen LogP contribution < -0.4 is 5.32 Å². The molecule has 2 rings (SSSR count). The smallest absolute Gasteiger partial charge is 0.250 e. The molecule has 0 radical (unpaired) electrons. The SMILES string of the molecule is CCCNCc1cnc(-n2ccc(C(C)C)n2)nc1. The maximum absolute atomic E-state index is 4.46. The summed E-state index contributed by atoms with van der Waals surface area (Å²) in [6, 6.07) is 2.00. The second-order valence-electron chi connectivity index (χ2n) is 4.91. The highest BCUT2D eigenvalue weighted by Crippen LogP contribution is 2.12. The van der Waals surface area contributed by atoms with Crippen molar-refractivity contribution < 1.29 is 0 Å². The van der Waals surface area contributed by atoms with E-state index in [0.717, 1.165) is 30.8 Å². The van der Waals surface area contributed by atoms with Gasteiger partial charge in [-0.25, -0.2) is 14.6 Å². The summed E-state index contributed by atoms with van der Waals surface area (Å²) in [7, 11) is 0. The first-order chi connectivity index (χ1) is 9.20. The van der Waals surface area contributed by atoms with E-state index in [-0.39, 0.29) is 0 Å². The van der Waals surface area contributed by atoms with Crippen molar-refractivity contribution in [3.63, 3.8) is 0 Å². The zero-order chi connectivity index (χ0) is 13.7. The van der Waals surface area contributed by atoms with Crippen molar-refractivity contribution in [3.8, 4) is 5.95 Å². The first-order valence-corrected chi connectivity index (χ1v) is 6.78. The van der Waals surface area contributed by atoms with Crippen LogP contribution in [0.1, 0.15) is 44.4 Å². The van der Waals surface area contributed by atoms with Gasteiger partial charge in [0.25, 0.3) is 0 Å². The van der Waals surface area contributed by atoms with Gasteiger partial charge in [-0.3, -0.25) is 0 Å². The summed E-state index contributed by atoms with van der Waals surface area (Å²) in [5.74, 6) is 1.03. The van der Waals surface area contributed by atoms with Crippen LogP contribution in [0.15, 0.2) is 24.7 Å². The lowest BCUT2D eigenvalue weighted by atomic mass is 10.1. The largest absolute Gasteiger partial charge is 0.313 e. The Kier molecular flexibility index (Phi) is 4.63. The Hall–Kier alpha value is -1.75. The first kappa shape index (κ1) is 13.7. The molecule has 0 aliphatic carbocycles. The number of hydrogen-bond donors (Lipinski definition) is 1. The molecule has 5 heteroatoms. The summed E-state index contributed by atoms with van der Waals surface area (Å²) in [5.41, 5.74) is 2.14. The third-order valence-electron chi connectivity index (χ3n) is 2.85. The summed E-state index contributed by atoms with van der Waals surface area (Å²) >= 11 is 0. The first-order valence-electron chi connectivity index (χ1n) is 6.78. The third kappa shape index (κ3) is 3.61. The number of hydrogen-bond acceptors (Lipinski definition) is 4. The van der Waals surface area contributed by atoms with Gasteiger partial charge in [-0.05, 0) is 24.9 Å². The molecule has 0 bridgehead atoms. The second-order valence-corrected chi connectivity index (χ2v) is 4.91. The lowest BCUT2D eigenvalue weighted by Crippen LogP contribution is -2.14. The summed E-state index contributed by atoms with van der Waals surface area (Å²) in [5, 5.41) is 7.79. The zero-order valence-electron chi connectivity index (χ0n) is 11.8. The Bertz CT molecular complexity index is 501. The summed E-state index contributed by atoms with van der Waals surface area (Å²) in [6.07, 6.45) is 6.73. The van der Waals surface area contributed by atoms with Crippen LogP contribution in [0.4, 0.5) is 0 Å². The molecule has 0 atom stereocenters. The van der Waals surface area contributed by atoms with Crippen LogP contribution in [0.2, 0.25) is 0 Å². The van der Waals surface area contributed by atoms with Crippen molar-refractivity contribution >= 4 is 0 Å². The van der Waals surface area contributed by atoms with Gasteiger partial charge < -0.3 is 5.32 Å². The van der Waals surface area contributed by atoms with Crippen LogP contribution in [0, 0.1) is 0 Å². The van der Waals surface area contributed by atoms with E-state index in [9.17, 15) is 0 Å². The van der Waals surface area contributed by atoms with E-state index in [1.807, 2.05) is 24.7 Å². The van der Waals surface area contributed by atoms with Crippen molar-refractivity contribution in [2.75, 3.05) is 6.54 Å². The average molecular weight is 259 g/mol. The van der Waals surface area contributed by atoms with E-state index in [0.29, 0.717) is 11.9 Å². The van der Waals surface area contributed by atoms with E-state index in [2.05, 4.69) is 41.2 Å². The monoisotopic (exact) mass is 259 g/mol. The molecule has 0 fully saturated rings. The van der Waals surface area contributed by atoms with Gasteiger partial charge in [0.2, 0.25) is 5.95 Å². The Balaban J connectivity index is 2.04. The molecule has 102 valence electrons. The van der Waals surface area contributed by atoms with Gasteiger partial charge in [0.05, 0.1) is 5.69 Å². The van der Waals surface area contributed by atoms with Gasteiger partial charge in [-0.2, -0.15) is 5.10 Å². The van der Waals surface area contributed by atoms with Crippen molar-refractivity contribution in [3.05, 3.63) is 35.9 Å². The standard InChI is InChI=1S/C14H21N5/c1-4-6-15-8-12-9-16-14(17-10-12)19-7-5-13(18-19)11(2)3/h5,7,9-11,15H,4,6,8H2,1-3H3. The van der Waals surface area contributed by atoms with Gasteiger partial charge in [-0.15, -0.1) is 0 Å². The molecule has 0 aromatic carbocycles. The number of aromatic nitrogens is 4. The maximum atomic E-state index is 4.46. The van der Waals surface area contributed by atoms with E-state index in [4.69, 9.17) is 0 Å². The van der Waals surface area contributed by atoms with Gasteiger partial charge in [0.1, 0.15) is 0 Å². The molecule has 19 heavy (non-hydrogen) atoms. The van der Waals surface area contributed by atoms with E-state index in [1.165, 1.54) is 0 Å². The van der Waals surface area contributed by atoms with Gasteiger partial charge in [0.15, 0.2) is 0 Å². The van der Waals surface area contributed by atoms with E-state index < -0.39 is 0 Å². The molecule has 0 amide bonds. The highest BCUT2D eigenvalue weighted by Gasteiger charge is 2.06. The molecular formula is C14H21N5. The molecule has 0 saturated carbocycles. The van der Waals surface area contributed by atoms with Crippen molar-refractivity contribution in [1.82, 2.24) is 25.1 Å². The molecule has 0 spiro atoms. The average Bonchev–Trinajstić information content (AvgIpc) is 2.90. The second kappa shape index (κ2) is 6.43. The minimum absolute atomic E-state index is 0.416. The van der Waals surface area contributed by atoms with Crippen LogP contribution in [-0.2, 0) is 6.54 Å². The zero-order valence-corrected chi connectivity index (χ0v) is 11.8. The molecule has 5 nitrogen and oxygen atoms in total. The molecule has 2 aromatic rings. The third-order valence-corrected chi connectivity index (χ3v) is 2.85. The predicted octanol–water partition coefficient (Wildman–Crippen LogP) is 2.29. The molecule has 2 heterocycles. The topological polar surface area (TPSA) is 55.6 Å². The van der Waals surface area contributed by atoms with Crippen molar-refractivity contribution in [2.45, 2.75) is 39.7 Å². The van der Waals surface area contributed by atoms with Crippen LogP contribution in [0.25, 0.3) is 5.95 Å². The maximum Gasteiger partial charge on any atom is 0.250 e. The fourth-order valence-corrected chi connectivity index (χ4v) is 1.72. The van der Waals surface area contributed by atoms with Crippen LogP contribution >= 0.6 is 0 Å². The summed E-state index contributed by atoms with van der Waals surface area (Å²) in [4.78, 5) is 8.70. The Morgan fingerprint density at radius 2 is 2.00 bits per heavy atom. The van der Waals surface area contributed by atoms with Gasteiger partial charge in [-0.1, -0.05) is 20.8 Å². The molecule has 1 N–H and O–H groups in total. The Labute approximate surface area is 114 Å². The van der Waals surface area contributed by atoms with E-state index >= 15 is 0 Å². The fourth-order valence-electron chi connectivity index (χ4n) is 1.72. The highest BCUT2D eigenvalue weighted by atomic mass is 15.3. The Morgan fingerprint density at radius 1 is 1.26 bits per heavy atom. The Morgan fingerprint density at radius 3 is 2.58 bits per heavy atom. The highest BCUT2D eigenvalue weighted by molar-refractivity contribution is 5.16. The summed E-state index contributed by atoms with van der Waals surface area (Å²) in [6.45, 7) is 8.21. The summed E-state index contributed by atoms with van der Waals surface area (Å²) < 4.78 is 1.72. The molecule has 0 saturated heterocycles. The van der Waals surface area contributed by atoms with Crippen molar-refractivity contribution in [1.29, 1.82) is 0 Å². The number of rotatable bonds is 6. The van der Waals surface area contributed by atoms with Crippen molar-refractivity contribution in [2.24, 2.45) is 0 Å². The minimum atomic E-state index is 0.416. The van der Waals surface area contributed by atoms with Crippen LogP contribution in [0.5, 0.6) is 0 Å². The quantitative estimate of drug-likeness (QED) is 0.809. The minimum Gasteiger partial charge on any atom is -0.313 e. The van der Waals surface area contributed by atoms with Crippen LogP contribution in [-0.4, -0.2) is 26.3 Å². The number of nitrogens with one attached hydrogen (secondary N) is 1. The van der Waals surface area contributed by atoms with E-state index in [1.54, 1.807) is 4.68 Å². The molecule has 0 aliphatic heterocycles. The molecule has 0 aliphatic rings. The molecule has 0 unspecified atom stereocenters. The lowest BCUT2D eigenvalue weighted by Gasteiger charge is -2.04. The number of nitrogens with zero attached hydrogens (tertiary/aromatic N) is 4.